The highest BCUT2D eigenvalue weighted by Crippen LogP contribution is 2.21. The fourth-order valence-corrected chi connectivity index (χ4v) is 2.08. The van der Waals surface area contributed by atoms with E-state index in [4.69, 9.17) is 11.0 Å². The second-order valence-electron chi connectivity index (χ2n) is 2.20. The predicted octanol–water partition coefficient (Wildman–Crippen LogP) is 1.90. The summed E-state index contributed by atoms with van der Waals surface area (Å²) < 4.78 is 0.922. The number of thiophene rings is 1. The Morgan fingerprint density at radius 3 is 2.85 bits per heavy atom. The summed E-state index contributed by atoms with van der Waals surface area (Å²) in [7, 11) is 0. The second-order valence-corrected chi connectivity index (χ2v) is 4.06. The number of amides is 1. The third-order valence-corrected chi connectivity index (χ3v) is 2.90. The molecule has 13 heavy (non-hydrogen) atoms. The number of nitrogens with zero attached hydrogens (tertiary/aromatic N) is 1. The lowest BCUT2D eigenvalue weighted by molar-refractivity contribution is -0.114. The Morgan fingerprint density at radius 2 is 2.46 bits per heavy atom. The molecule has 0 aliphatic carbocycles. The Morgan fingerprint density at radius 1 is 1.77 bits per heavy atom. The Hall–Kier alpha value is -1.12. The first-order chi connectivity index (χ1) is 6.13. The molecule has 0 fully saturated rings. The van der Waals surface area contributed by atoms with Crippen LogP contribution in [0.2, 0.25) is 0 Å². The zero-order valence-electron chi connectivity index (χ0n) is 6.45. The summed E-state index contributed by atoms with van der Waals surface area (Å²) in [6.45, 7) is 0. The van der Waals surface area contributed by atoms with E-state index in [0.29, 0.717) is 0 Å². The minimum absolute atomic E-state index is 0.0330. The van der Waals surface area contributed by atoms with Gasteiger partial charge in [-0.15, -0.1) is 11.3 Å². The van der Waals surface area contributed by atoms with Crippen LogP contribution in [0.25, 0.3) is 6.08 Å². The molecule has 1 amide bonds. The molecule has 3 nitrogen and oxygen atoms in total. The van der Waals surface area contributed by atoms with E-state index in [-0.39, 0.29) is 5.57 Å². The number of nitriles is 1. The number of nitrogens with two attached hydrogens (primary N) is 1. The largest absolute Gasteiger partial charge is 0.365 e. The van der Waals surface area contributed by atoms with Gasteiger partial charge in [-0.2, -0.15) is 5.26 Å². The summed E-state index contributed by atoms with van der Waals surface area (Å²) >= 11 is 4.69. The van der Waals surface area contributed by atoms with Crippen LogP contribution in [0.3, 0.4) is 0 Å². The number of carbonyl (C=O) groups excluding carboxylic acids is 1. The van der Waals surface area contributed by atoms with Crippen molar-refractivity contribution in [2.45, 2.75) is 0 Å². The lowest BCUT2D eigenvalue weighted by Gasteiger charge is -1.87. The van der Waals surface area contributed by atoms with E-state index in [1.54, 1.807) is 6.07 Å². The molecule has 5 heteroatoms. The van der Waals surface area contributed by atoms with Crippen LogP contribution in [0.15, 0.2) is 21.5 Å². The zero-order chi connectivity index (χ0) is 9.84. The van der Waals surface area contributed by atoms with Crippen LogP contribution in [0.4, 0.5) is 0 Å². The monoisotopic (exact) mass is 256 g/mol. The first-order valence-corrected chi connectivity index (χ1v) is 4.96. The molecule has 1 aromatic rings. The topological polar surface area (TPSA) is 66.9 Å². The van der Waals surface area contributed by atoms with Gasteiger partial charge in [-0.1, -0.05) is 0 Å². The summed E-state index contributed by atoms with van der Waals surface area (Å²) in [6.07, 6.45) is 1.47. The first-order valence-electron chi connectivity index (χ1n) is 3.29. The van der Waals surface area contributed by atoms with Gasteiger partial charge in [0.2, 0.25) is 0 Å². The quantitative estimate of drug-likeness (QED) is 0.649. The van der Waals surface area contributed by atoms with Gasteiger partial charge in [0.15, 0.2) is 0 Å². The van der Waals surface area contributed by atoms with E-state index >= 15 is 0 Å². The number of hydrogen-bond acceptors (Lipinski definition) is 3. The lowest BCUT2D eigenvalue weighted by atomic mass is 10.2. The van der Waals surface area contributed by atoms with Crippen molar-refractivity contribution in [3.8, 4) is 6.07 Å². The number of carbonyl (C=O) groups is 1. The van der Waals surface area contributed by atoms with E-state index < -0.39 is 5.91 Å². The van der Waals surface area contributed by atoms with Crippen molar-refractivity contribution in [1.29, 1.82) is 5.26 Å². The summed E-state index contributed by atoms with van der Waals surface area (Å²) in [5.74, 6) is -0.702. The highest BCUT2D eigenvalue weighted by molar-refractivity contribution is 9.10. The van der Waals surface area contributed by atoms with Crippen molar-refractivity contribution >= 4 is 39.2 Å². The van der Waals surface area contributed by atoms with Crippen LogP contribution in [0.5, 0.6) is 0 Å². The number of rotatable bonds is 2. The van der Waals surface area contributed by atoms with E-state index in [9.17, 15) is 4.79 Å². The van der Waals surface area contributed by atoms with Gasteiger partial charge < -0.3 is 5.73 Å². The second kappa shape index (κ2) is 4.21. The van der Waals surface area contributed by atoms with Crippen molar-refractivity contribution in [1.82, 2.24) is 0 Å². The van der Waals surface area contributed by atoms with Gasteiger partial charge in [0.1, 0.15) is 11.6 Å². The average molecular weight is 257 g/mol. The maximum atomic E-state index is 10.7. The minimum Gasteiger partial charge on any atom is -0.365 e. The van der Waals surface area contributed by atoms with E-state index in [0.717, 1.165) is 9.35 Å². The molecule has 2 N–H and O–H groups in total. The van der Waals surface area contributed by atoms with Gasteiger partial charge in [0, 0.05) is 14.7 Å². The number of halogens is 1. The summed E-state index contributed by atoms with van der Waals surface area (Å²) in [6, 6.07) is 3.55. The molecule has 0 unspecified atom stereocenters. The third-order valence-electron chi connectivity index (χ3n) is 1.26. The van der Waals surface area contributed by atoms with Crippen molar-refractivity contribution in [3.05, 3.63) is 26.4 Å². The fraction of sp³-hybridized carbons (Fsp3) is 0. The molecule has 1 heterocycles. The Bertz CT molecular complexity index is 403. The first kappa shape index (κ1) is 9.96. The van der Waals surface area contributed by atoms with E-state index in [2.05, 4.69) is 15.9 Å². The third kappa shape index (κ3) is 2.68. The molecule has 0 saturated heterocycles. The molecule has 0 atom stereocenters. The molecule has 1 rings (SSSR count). The van der Waals surface area contributed by atoms with Crippen molar-refractivity contribution in [2.24, 2.45) is 5.73 Å². The van der Waals surface area contributed by atoms with Crippen LogP contribution in [0, 0.1) is 11.3 Å². The van der Waals surface area contributed by atoms with Gasteiger partial charge in [-0.05, 0) is 28.1 Å². The van der Waals surface area contributed by atoms with E-state index in [1.807, 2.05) is 11.4 Å². The summed E-state index contributed by atoms with van der Waals surface area (Å²) in [4.78, 5) is 11.5. The zero-order valence-corrected chi connectivity index (χ0v) is 8.85. The van der Waals surface area contributed by atoms with Crippen molar-refractivity contribution in [3.63, 3.8) is 0 Å². The highest BCUT2D eigenvalue weighted by atomic mass is 79.9. The minimum atomic E-state index is -0.702. The maximum Gasteiger partial charge on any atom is 0.259 e. The van der Waals surface area contributed by atoms with Gasteiger partial charge in [-0.25, -0.2) is 0 Å². The molecule has 0 aliphatic heterocycles. The van der Waals surface area contributed by atoms with Crippen molar-refractivity contribution < 1.29 is 4.79 Å². The van der Waals surface area contributed by atoms with Crippen LogP contribution in [-0.4, -0.2) is 5.91 Å². The van der Waals surface area contributed by atoms with Crippen LogP contribution < -0.4 is 5.73 Å². The molecular weight excluding hydrogens is 252 g/mol. The number of primary amides is 1. The molecule has 0 saturated carbocycles. The Labute approximate surface area is 87.6 Å². The van der Waals surface area contributed by atoms with Gasteiger partial charge in [0.05, 0.1) is 0 Å². The molecule has 0 aliphatic rings. The van der Waals surface area contributed by atoms with Crippen LogP contribution in [-0.2, 0) is 4.79 Å². The summed E-state index contributed by atoms with van der Waals surface area (Å²) in [5, 5.41) is 10.4. The van der Waals surface area contributed by atoms with Gasteiger partial charge in [0.25, 0.3) is 5.91 Å². The SMILES string of the molecule is N#CC(=Cc1cc(Br)cs1)C(N)=O. The average Bonchev–Trinajstić information content (AvgIpc) is 2.46. The number of hydrogen-bond donors (Lipinski definition) is 1. The fourth-order valence-electron chi connectivity index (χ4n) is 0.705. The van der Waals surface area contributed by atoms with Gasteiger partial charge in [-0.3, -0.25) is 4.79 Å². The lowest BCUT2D eigenvalue weighted by Crippen LogP contribution is -2.12. The predicted molar refractivity (Wildman–Crippen MR) is 54.8 cm³/mol. The smallest absolute Gasteiger partial charge is 0.259 e. The molecule has 0 spiro atoms. The normalized spacial score (nSPS) is 10.9. The van der Waals surface area contributed by atoms with E-state index in [1.165, 1.54) is 17.4 Å². The molecule has 0 radical (unpaired) electrons. The maximum absolute atomic E-state index is 10.7. The molecule has 0 aromatic carbocycles. The Balaban J connectivity index is 3.00. The molecule has 66 valence electrons. The summed E-state index contributed by atoms with van der Waals surface area (Å²) in [5.41, 5.74) is 4.93. The molecule has 1 aromatic heterocycles. The molecule has 0 bridgehead atoms. The highest BCUT2D eigenvalue weighted by Gasteiger charge is 2.03. The molecular formula is C8H5BrN2OS. The van der Waals surface area contributed by atoms with Gasteiger partial charge >= 0.3 is 0 Å². The van der Waals surface area contributed by atoms with Crippen molar-refractivity contribution in [2.75, 3.05) is 0 Å². The van der Waals surface area contributed by atoms with Crippen LogP contribution in [0.1, 0.15) is 4.88 Å². The van der Waals surface area contributed by atoms with Crippen LogP contribution >= 0.6 is 27.3 Å². The standard InChI is InChI=1S/C8H5BrN2OS/c9-6-2-7(13-4-6)1-5(3-10)8(11)12/h1-2,4H,(H2,11,12). The Kier molecular flexibility index (Phi) is 3.23.